The number of aliphatic hydroxyl groups is 2. The quantitative estimate of drug-likeness (QED) is 0.0661. The van der Waals surface area contributed by atoms with Gasteiger partial charge in [-0.1, -0.05) is 350 Å². The van der Waals surface area contributed by atoms with Crippen LogP contribution in [-0.2, 0) is 11.2 Å². The molecule has 0 aliphatic heterocycles. The highest BCUT2D eigenvalue weighted by molar-refractivity contribution is 9.11. The number of benzene rings is 13. The normalized spacial score (nSPS) is 13.6. The van der Waals surface area contributed by atoms with E-state index in [9.17, 15) is 19.8 Å². The average molecular weight is 2170 g/mol. The number of hydrogen-bond acceptors (Lipinski definition) is 14. The van der Waals surface area contributed by atoms with Crippen LogP contribution in [0.4, 0.5) is 0 Å². The van der Waals surface area contributed by atoms with E-state index < -0.39 is 25.4 Å². The standard InChI is InChI=1S/C46H30Br2O2S2.C16H11BrS.C14H6Br2O2.C10H9BO2S.C10H8S.C6H5Br.C4H5BO2S/c47-35-18-20-38-39(27-35)45(49,33-15-7-13-31(25-33)43-23-21-41(51-43)29-9-3-1-4-10-29)37-19-17-36(48)28-40(37)46(38,50)34-16-8-14-32(26-34)44-24-22-42(52-44)30-11-5-2-6-12-30;17-14-8-4-7-13(11-14)16-10-9-15(18-16)12-5-2-1-3-6-12;15-7-1-3-9-11(5-7)14(18)10-4-2-8(16)6-12(10)13(9)17;12-11(13)10-7-6-9(14-10)8-4-2-1-3-5-8;1-2-5-9(6-3-1)10-7-4-8-11-10;7-6-4-2-1-3-5-6;6-5(7)4-2-1-3-8-4/h1-28,49-50H;1-11H;1-6H;1-7,12-13H;1-8H;1-5H;1-3,6-7H. The van der Waals surface area contributed by atoms with Gasteiger partial charge in [0.15, 0.2) is 11.6 Å². The van der Waals surface area contributed by atoms with Crippen LogP contribution in [-0.4, -0.2) is 56.1 Å². The van der Waals surface area contributed by atoms with Gasteiger partial charge in [0.05, 0.1) is 0 Å². The maximum absolute atomic E-state index is 13.3. The summed E-state index contributed by atoms with van der Waals surface area (Å²) in [5.41, 5.74) is 12.0. The van der Waals surface area contributed by atoms with Gasteiger partial charge in [-0.15, -0.1) is 56.7 Å². The zero-order valence-corrected chi connectivity index (χ0v) is 82.0. The molecule has 630 valence electrons. The van der Waals surface area contributed by atoms with E-state index in [-0.39, 0.29) is 11.6 Å². The molecule has 22 heteroatoms. The summed E-state index contributed by atoms with van der Waals surface area (Å²) in [7, 11) is -2.66. The molecule has 0 bridgehead atoms. The Hall–Kier alpha value is -9.83. The Morgan fingerprint density at radius 3 is 0.859 bits per heavy atom. The lowest BCUT2D eigenvalue weighted by Gasteiger charge is -2.45. The summed E-state index contributed by atoms with van der Waals surface area (Å²) in [4.78, 5) is 34.3. The van der Waals surface area contributed by atoms with E-state index in [0.717, 1.165) is 69.3 Å². The summed E-state index contributed by atoms with van der Waals surface area (Å²) in [6.07, 6.45) is 0. The van der Waals surface area contributed by atoms with Gasteiger partial charge in [-0.05, 0) is 223 Å². The summed E-state index contributed by atoms with van der Waals surface area (Å²) >= 11 is 30.7. The third-order valence-electron chi connectivity index (χ3n) is 20.7. The van der Waals surface area contributed by atoms with Crippen LogP contribution in [0.3, 0.4) is 0 Å². The van der Waals surface area contributed by atoms with E-state index in [4.69, 9.17) is 20.1 Å². The molecule has 0 radical (unpaired) electrons. The molecule has 6 aromatic heterocycles. The summed E-state index contributed by atoms with van der Waals surface area (Å²) in [5.74, 6) is -0.207. The number of fused-ring (bicyclic) bond motifs is 4. The fraction of sp³-hybridized carbons (Fsp3) is 0.0189. The lowest BCUT2D eigenvalue weighted by Crippen LogP contribution is -2.44. The fourth-order valence-electron chi connectivity index (χ4n) is 14.6. The molecule has 2 aliphatic rings. The third-order valence-corrected chi connectivity index (χ3v) is 30.3. The van der Waals surface area contributed by atoms with Gasteiger partial charge in [0.25, 0.3) is 0 Å². The second-order valence-electron chi connectivity index (χ2n) is 29.1. The van der Waals surface area contributed by atoms with E-state index in [1.54, 1.807) is 94.0 Å². The molecule has 0 spiro atoms. The second kappa shape index (κ2) is 43.7. The smallest absolute Gasteiger partial charge is 0.423 e. The highest BCUT2D eigenvalue weighted by Gasteiger charge is 2.51. The SMILES string of the molecule is Brc1cccc(-c2ccc(-c3ccccc3)s2)c1.Brc1ccccc1.O=C1c2ccc(Br)cc2C(=O)c2ccc(Br)cc21.OB(O)c1ccc(-c2ccccc2)s1.OB(O)c1cccs1.OC1(c2cccc(-c3ccc(-c4ccccc4)s3)c2)c2ccc(Br)cc2C(O)(c2cccc(-c3ccc(-c4ccccc4)s3)c2)c2ccc(Br)cc21.c1ccc(-c2cccs2)cc1. The number of ketones is 2. The van der Waals surface area contributed by atoms with Crippen molar-refractivity contribution in [3.63, 3.8) is 0 Å². The zero-order chi connectivity index (χ0) is 89.3. The Morgan fingerprint density at radius 1 is 0.219 bits per heavy atom. The van der Waals surface area contributed by atoms with Crippen molar-refractivity contribution in [2.45, 2.75) is 11.2 Å². The van der Waals surface area contributed by atoms with Crippen molar-refractivity contribution < 1.29 is 39.9 Å². The van der Waals surface area contributed by atoms with Gasteiger partial charge in [-0.3, -0.25) is 9.59 Å². The van der Waals surface area contributed by atoms with Gasteiger partial charge < -0.3 is 30.3 Å². The first-order chi connectivity index (χ1) is 62.2. The number of halogens is 6. The maximum atomic E-state index is 13.3. The molecule has 8 nitrogen and oxygen atoms in total. The summed E-state index contributed by atoms with van der Waals surface area (Å²) < 4.78 is 6.63. The molecular formula is C106H74B2Br6O8S6. The average Bonchev–Trinajstić information content (AvgIpc) is 0.831. The van der Waals surface area contributed by atoms with Crippen molar-refractivity contribution in [1.29, 1.82) is 0 Å². The van der Waals surface area contributed by atoms with Crippen LogP contribution in [0, 0.1) is 0 Å². The lowest BCUT2D eigenvalue weighted by atomic mass is 9.63. The monoisotopic (exact) mass is 2160 g/mol. The maximum Gasteiger partial charge on any atom is 0.499 e. The molecule has 2 aliphatic carbocycles. The molecular weight excluding hydrogens is 2090 g/mol. The Labute approximate surface area is 818 Å². The second-order valence-corrected chi connectivity index (χ2v) is 40.9. The summed E-state index contributed by atoms with van der Waals surface area (Å²) in [6, 6.07) is 133. The number of carbonyl (C=O) groups excluding carboxylic acids is 2. The molecule has 128 heavy (non-hydrogen) atoms. The van der Waals surface area contributed by atoms with Gasteiger partial charge in [0.1, 0.15) is 11.2 Å². The molecule has 6 N–H and O–H groups in total. The number of hydrogen-bond donors (Lipinski definition) is 6. The Morgan fingerprint density at radius 2 is 0.523 bits per heavy atom. The minimum absolute atomic E-state index is 0.103. The first-order valence-electron chi connectivity index (χ1n) is 40.0. The molecule has 0 saturated heterocycles. The molecule has 0 saturated carbocycles. The van der Waals surface area contributed by atoms with Crippen LogP contribution in [0.5, 0.6) is 0 Å². The molecule has 19 aromatic rings. The number of rotatable bonds is 12. The summed E-state index contributed by atoms with van der Waals surface area (Å²) in [6.45, 7) is 0. The predicted molar refractivity (Wildman–Crippen MR) is 559 cm³/mol. The van der Waals surface area contributed by atoms with Crippen LogP contribution in [0.25, 0.3) is 83.5 Å². The Balaban J connectivity index is 0.000000134. The van der Waals surface area contributed by atoms with Crippen molar-refractivity contribution in [2.75, 3.05) is 0 Å². The molecule has 0 amide bonds. The topological polar surface area (TPSA) is 156 Å². The highest BCUT2D eigenvalue weighted by Crippen LogP contribution is 2.55. The number of thiophene rings is 6. The lowest BCUT2D eigenvalue weighted by molar-refractivity contribution is 0.0747. The Bertz CT molecular complexity index is 6700. The van der Waals surface area contributed by atoms with Crippen molar-refractivity contribution in [1.82, 2.24) is 0 Å². The van der Waals surface area contributed by atoms with Crippen molar-refractivity contribution >= 4 is 199 Å². The molecule has 13 aromatic carbocycles. The molecule has 6 heterocycles. The van der Waals surface area contributed by atoms with Crippen molar-refractivity contribution in [2.24, 2.45) is 0 Å². The third kappa shape index (κ3) is 22.4. The summed E-state index contributed by atoms with van der Waals surface area (Å²) in [5, 5.41) is 65.4. The van der Waals surface area contributed by atoms with Crippen LogP contribution in [0.1, 0.15) is 65.2 Å². The largest absolute Gasteiger partial charge is 0.499 e. The van der Waals surface area contributed by atoms with Crippen molar-refractivity contribution in [3.8, 4) is 83.5 Å². The minimum atomic E-state index is -1.56. The van der Waals surface area contributed by atoms with E-state index >= 15 is 0 Å². The molecule has 2 atom stereocenters. The van der Waals surface area contributed by atoms with Crippen LogP contribution in [0.2, 0.25) is 0 Å². The van der Waals surface area contributed by atoms with Gasteiger partial charge in [-0.25, -0.2) is 0 Å². The van der Waals surface area contributed by atoms with Gasteiger partial charge >= 0.3 is 14.2 Å². The minimum Gasteiger partial charge on any atom is -0.423 e. The van der Waals surface area contributed by atoms with E-state index in [1.807, 2.05) is 163 Å². The number of carbonyl (C=O) groups is 2. The predicted octanol–water partition coefficient (Wildman–Crippen LogP) is 29.1. The van der Waals surface area contributed by atoms with Crippen molar-refractivity contribution in [3.05, 3.63) is 494 Å². The van der Waals surface area contributed by atoms with Crippen LogP contribution in [0.15, 0.2) is 438 Å². The first-order valence-corrected chi connectivity index (χ1v) is 49.8. The van der Waals surface area contributed by atoms with E-state index in [2.05, 4.69) is 295 Å². The molecule has 21 rings (SSSR count). The van der Waals surface area contributed by atoms with E-state index in [1.165, 1.54) is 74.9 Å². The highest BCUT2D eigenvalue weighted by atomic mass is 79.9. The first kappa shape index (κ1) is 92.9. The van der Waals surface area contributed by atoms with Gasteiger partial charge in [0, 0.05) is 109 Å². The Kier molecular flexibility index (Phi) is 31.7. The van der Waals surface area contributed by atoms with E-state index in [0.29, 0.717) is 54.1 Å². The molecule has 2 unspecified atom stereocenters. The van der Waals surface area contributed by atoms with Gasteiger partial charge in [-0.2, -0.15) is 11.3 Å². The molecule has 0 fully saturated rings. The fourth-order valence-corrected chi connectivity index (χ4v) is 22.0. The van der Waals surface area contributed by atoms with Gasteiger partial charge in [0.2, 0.25) is 0 Å². The zero-order valence-electron chi connectivity index (χ0n) is 67.6. The van der Waals surface area contributed by atoms with Crippen LogP contribution < -0.4 is 9.55 Å². The van der Waals surface area contributed by atoms with Crippen LogP contribution >= 0.6 is 164 Å².